The first-order valence-electron chi connectivity index (χ1n) is 12.9. The summed E-state index contributed by atoms with van der Waals surface area (Å²) in [6, 6.07) is 10.9. The van der Waals surface area contributed by atoms with E-state index in [0.717, 1.165) is 57.1 Å². The lowest BCUT2D eigenvalue weighted by Gasteiger charge is -2.35. The van der Waals surface area contributed by atoms with Crippen LogP contribution in [-0.4, -0.2) is 25.2 Å². The van der Waals surface area contributed by atoms with Crippen molar-refractivity contribution in [2.75, 3.05) is 22.9 Å². The first-order chi connectivity index (χ1) is 16.5. The summed E-state index contributed by atoms with van der Waals surface area (Å²) in [5, 5.41) is 0. The highest BCUT2D eigenvalue weighted by molar-refractivity contribution is 5.59. The molecule has 0 aromatic heterocycles. The zero-order chi connectivity index (χ0) is 26.3. The van der Waals surface area contributed by atoms with Gasteiger partial charge in [-0.1, -0.05) is 38.1 Å². The second-order valence-corrected chi connectivity index (χ2v) is 9.70. The molecule has 35 heavy (non-hydrogen) atoms. The van der Waals surface area contributed by atoms with Gasteiger partial charge < -0.3 is 9.80 Å². The van der Waals surface area contributed by atoms with E-state index in [1.165, 1.54) is 11.1 Å². The van der Waals surface area contributed by atoms with Gasteiger partial charge in [-0.3, -0.25) is 0 Å². The van der Waals surface area contributed by atoms with Gasteiger partial charge in [-0.25, -0.2) is 17.6 Å². The maximum atomic E-state index is 13.3. The maximum absolute atomic E-state index is 13.3. The molecule has 0 atom stereocenters. The minimum Gasteiger partial charge on any atom is -0.369 e. The number of rotatable bonds is 4. The van der Waals surface area contributed by atoms with Crippen molar-refractivity contribution < 1.29 is 17.6 Å². The van der Waals surface area contributed by atoms with Gasteiger partial charge in [-0.05, 0) is 76.6 Å². The first-order valence-corrected chi connectivity index (χ1v) is 12.9. The Morgan fingerprint density at radius 3 is 1.63 bits per heavy atom. The summed E-state index contributed by atoms with van der Waals surface area (Å²) in [4.78, 5) is 4.43. The molecule has 0 bridgehead atoms. The molecule has 196 valence electrons. The number of halogens is 4. The largest absolute Gasteiger partial charge is 0.369 e. The van der Waals surface area contributed by atoms with Gasteiger partial charge in [0.05, 0.1) is 0 Å². The highest BCUT2D eigenvalue weighted by Crippen LogP contribution is 2.35. The second-order valence-electron chi connectivity index (χ2n) is 9.70. The van der Waals surface area contributed by atoms with Crippen molar-refractivity contribution in [1.82, 2.24) is 0 Å². The van der Waals surface area contributed by atoms with Gasteiger partial charge in [0, 0.05) is 54.6 Å². The average Bonchev–Trinajstić information content (AvgIpc) is 2.83. The van der Waals surface area contributed by atoms with Gasteiger partial charge in [0.1, 0.15) is 0 Å². The number of hydrogen-bond donors (Lipinski definition) is 0. The van der Waals surface area contributed by atoms with E-state index >= 15 is 0 Å². The van der Waals surface area contributed by atoms with E-state index in [0.29, 0.717) is 12.1 Å². The minimum absolute atomic E-state index is 0.115. The molecule has 0 amide bonds. The van der Waals surface area contributed by atoms with Crippen LogP contribution < -0.4 is 9.80 Å². The molecule has 2 aliphatic rings. The summed E-state index contributed by atoms with van der Waals surface area (Å²) < 4.78 is 52.0. The average molecular weight is 495 g/mol. The predicted octanol–water partition coefficient (Wildman–Crippen LogP) is 8.77. The Bertz CT molecular complexity index is 935. The number of nitrogens with zero attached hydrogens (tertiary/aromatic N) is 2. The van der Waals surface area contributed by atoms with Gasteiger partial charge in [0.2, 0.25) is 0 Å². The lowest BCUT2D eigenvalue weighted by molar-refractivity contribution is 0.0175. The highest BCUT2D eigenvalue weighted by Gasteiger charge is 2.27. The predicted molar refractivity (Wildman–Crippen MR) is 140 cm³/mol. The lowest BCUT2D eigenvalue weighted by atomic mass is 9.97. The van der Waals surface area contributed by atoms with Crippen LogP contribution in [0.2, 0.25) is 0 Å². The van der Waals surface area contributed by atoms with Crippen LogP contribution in [-0.2, 0) is 18.8 Å². The van der Waals surface area contributed by atoms with Crippen molar-refractivity contribution >= 4 is 11.4 Å². The molecular formula is C29H42F4N2. The fraction of sp³-hybridized carbons (Fsp3) is 0.586. The molecule has 0 spiro atoms. The van der Waals surface area contributed by atoms with Crippen molar-refractivity contribution in [2.24, 2.45) is 0 Å². The number of alkyl halides is 4. The monoisotopic (exact) mass is 494 g/mol. The summed E-state index contributed by atoms with van der Waals surface area (Å²) in [5.41, 5.74) is 4.63. The van der Waals surface area contributed by atoms with E-state index in [2.05, 4.69) is 37.5 Å². The molecule has 0 fully saturated rings. The molecule has 0 unspecified atom stereocenters. The number of fused-ring (bicyclic) bond motifs is 2. The van der Waals surface area contributed by atoms with Crippen molar-refractivity contribution in [3.05, 3.63) is 58.7 Å². The Morgan fingerprint density at radius 2 is 1.20 bits per heavy atom. The highest BCUT2D eigenvalue weighted by atomic mass is 19.3. The van der Waals surface area contributed by atoms with Gasteiger partial charge in [-0.15, -0.1) is 0 Å². The standard InChI is InChI=1S/C14H19F2N.C13H17F2N.C2H6/c1-10(2)17-8-4-5-11-6-7-12(9-13(11)17)14(3,15)16;1-9(2)16-7-3-4-10-5-6-11(13(14)15)8-12(10)16;1-2/h6-7,9-10H,4-5,8H2,1-3H3;5-6,8-9,13H,3-4,7H2,1-2H3;1-2H3. The number of benzene rings is 2. The van der Waals surface area contributed by atoms with Crippen LogP contribution in [0.4, 0.5) is 28.9 Å². The van der Waals surface area contributed by atoms with Crippen LogP contribution in [0.5, 0.6) is 0 Å². The Hall–Kier alpha value is -2.24. The summed E-state index contributed by atoms with van der Waals surface area (Å²) >= 11 is 0. The summed E-state index contributed by atoms with van der Waals surface area (Å²) in [6.45, 7) is 15.3. The maximum Gasteiger partial charge on any atom is 0.270 e. The van der Waals surface area contributed by atoms with E-state index in [4.69, 9.17) is 0 Å². The summed E-state index contributed by atoms with van der Waals surface area (Å²) in [7, 11) is 0. The normalized spacial score (nSPS) is 15.3. The minimum atomic E-state index is -2.75. The quantitative estimate of drug-likeness (QED) is 0.392. The van der Waals surface area contributed by atoms with Gasteiger partial charge in [0.25, 0.3) is 12.3 Å². The SMILES string of the molecule is CC.CC(C)N1CCCc2ccc(C(C)(F)F)cc21.CC(C)N1CCCc2ccc(C(F)F)cc21. The Morgan fingerprint density at radius 1 is 0.743 bits per heavy atom. The van der Waals surface area contributed by atoms with E-state index in [1.807, 2.05) is 26.0 Å². The molecule has 2 aromatic carbocycles. The molecule has 0 saturated heterocycles. The van der Waals surface area contributed by atoms with E-state index in [1.54, 1.807) is 24.3 Å². The molecular weight excluding hydrogens is 452 g/mol. The summed E-state index contributed by atoms with van der Waals surface area (Å²) in [6.07, 6.45) is 1.84. The lowest BCUT2D eigenvalue weighted by Crippen LogP contribution is -2.35. The van der Waals surface area contributed by atoms with E-state index in [9.17, 15) is 17.6 Å². The molecule has 6 heteroatoms. The number of anilines is 2. The number of aryl methyl sites for hydroxylation is 2. The Kier molecular flexibility index (Phi) is 10.5. The molecule has 0 N–H and O–H groups in total. The van der Waals surface area contributed by atoms with Crippen molar-refractivity contribution in [3.63, 3.8) is 0 Å². The van der Waals surface area contributed by atoms with Gasteiger partial charge in [-0.2, -0.15) is 0 Å². The Balaban J connectivity index is 0.000000231. The Labute approximate surface area is 209 Å². The van der Waals surface area contributed by atoms with E-state index in [-0.39, 0.29) is 11.1 Å². The van der Waals surface area contributed by atoms with Crippen LogP contribution in [0.1, 0.15) is 90.0 Å². The van der Waals surface area contributed by atoms with Crippen molar-refractivity contribution in [3.8, 4) is 0 Å². The topological polar surface area (TPSA) is 6.48 Å². The fourth-order valence-corrected chi connectivity index (χ4v) is 4.70. The van der Waals surface area contributed by atoms with Crippen molar-refractivity contribution in [2.45, 2.75) is 98.6 Å². The molecule has 0 radical (unpaired) electrons. The molecule has 2 heterocycles. The van der Waals surface area contributed by atoms with Gasteiger partial charge >= 0.3 is 0 Å². The molecule has 2 nitrogen and oxygen atoms in total. The third-order valence-corrected chi connectivity index (χ3v) is 6.51. The fourth-order valence-electron chi connectivity index (χ4n) is 4.70. The molecule has 0 aliphatic carbocycles. The van der Waals surface area contributed by atoms with E-state index < -0.39 is 12.3 Å². The van der Waals surface area contributed by atoms with Crippen LogP contribution >= 0.6 is 0 Å². The van der Waals surface area contributed by atoms with Gasteiger partial charge in [0.15, 0.2) is 0 Å². The summed E-state index contributed by atoms with van der Waals surface area (Å²) in [5.74, 6) is -2.75. The van der Waals surface area contributed by atoms with Crippen LogP contribution in [0.15, 0.2) is 36.4 Å². The van der Waals surface area contributed by atoms with Crippen molar-refractivity contribution in [1.29, 1.82) is 0 Å². The second kappa shape index (κ2) is 12.6. The third kappa shape index (κ3) is 7.37. The zero-order valence-corrected chi connectivity index (χ0v) is 22.3. The zero-order valence-electron chi connectivity index (χ0n) is 22.3. The number of hydrogen-bond acceptors (Lipinski definition) is 2. The molecule has 4 rings (SSSR count). The molecule has 2 aliphatic heterocycles. The van der Waals surface area contributed by atoms with Crippen LogP contribution in [0, 0.1) is 0 Å². The molecule has 2 aromatic rings. The first kappa shape index (κ1) is 29.0. The third-order valence-electron chi connectivity index (χ3n) is 6.51. The van der Waals surface area contributed by atoms with Crippen LogP contribution in [0.25, 0.3) is 0 Å². The van der Waals surface area contributed by atoms with Crippen LogP contribution in [0.3, 0.4) is 0 Å². The molecule has 0 saturated carbocycles. The smallest absolute Gasteiger partial charge is 0.270 e.